The standard InChI is InChI=1S/C10H9F3O2S/c1-7(14)15-9(10(11,12)13)16-8-5-3-2-4-6-8/h2-6,9H,1H3. The van der Waals surface area contributed by atoms with Crippen molar-refractivity contribution in [1.82, 2.24) is 0 Å². The van der Waals surface area contributed by atoms with Crippen molar-refractivity contribution in [2.24, 2.45) is 0 Å². The lowest BCUT2D eigenvalue weighted by molar-refractivity contribution is -0.195. The van der Waals surface area contributed by atoms with Crippen LogP contribution in [-0.4, -0.2) is 17.6 Å². The van der Waals surface area contributed by atoms with Crippen LogP contribution < -0.4 is 0 Å². The predicted molar refractivity (Wildman–Crippen MR) is 53.9 cm³/mol. The van der Waals surface area contributed by atoms with Crippen molar-refractivity contribution in [3.63, 3.8) is 0 Å². The normalized spacial score (nSPS) is 13.2. The average Bonchev–Trinajstić information content (AvgIpc) is 2.16. The van der Waals surface area contributed by atoms with Crippen molar-refractivity contribution in [3.05, 3.63) is 30.3 Å². The number of esters is 1. The molecular weight excluding hydrogens is 241 g/mol. The molecule has 0 spiro atoms. The first-order valence-electron chi connectivity index (χ1n) is 4.35. The molecule has 2 nitrogen and oxygen atoms in total. The second-order valence-corrected chi connectivity index (χ2v) is 4.05. The Balaban J connectivity index is 2.75. The van der Waals surface area contributed by atoms with Gasteiger partial charge in [-0.2, -0.15) is 13.2 Å². The first-order chi connectivity index (χ1) is 7.39. The van der Waals surface area contributed by atoms with Gasteiger partial charge in [0, 0.05) is 11.8 Å². The van der Waals surface area contributed by atoms with E-state index in [1.807, 2.05) is 0 Å². The SMILES string of the molecule is CC(=O)OC(Sc1ccccc1)C(F)(F)F. The van der Waals surface area contributed by atoms with Gasteiger partial charge in [0.15, 0.2) is 0 Å². The highest BCUT2D eigenvalue weighted by Crippen LogP contribution is 2.35. The molecule has 1 unspecified atom stereocenters. The molecule has 1 atom stereocenters. The summed E-state index contributed by atoms with van der Waals surface area (Å²) in [6, 6.07) is 7.96. The van der Waals surface area contributed by atoms with Gasteiger partial charge in [0.2, 0.25) is 5.44 Å². The number of rotatable bonds is 3. The van der Waals surface area contributed by atoms with E-state index in [1.165, 1.54) is 12.1 Å². The van der Waals surface area contributed by atoms with Crippen molar-refractivity contribution in [1.29, 1.82) is 0 Å². The molecule has 0 N–H and O–H groups in total. The van der Waals surface area contributed by atoms with Gasteiger partial charge in [-0.15, -0.1) is 0 Å². The topological polar surface area (TPSA) is 26.3 Å². The molecule has 0 aliphatic carbocycles. The number of hydrogen-bond acceptors (Lipinski definition) is 3. The van der Waals surface area contributed by atoms with Crippen LogP contribution in [0.15, 0.2) is 35.2 Å². The maximum absolute atomic E-state index is 12.5. The number of thioether (sulfide) groups is 1. The third-order valence-electron chi connectivity index (χ3n) is 1.53. The first kappa shape index (κ1) is 12.9. The molecule has 0 radical (unpaired) electrons. The number of carbonyl (C=O) groups is 1. The van der Waals surface area contributed by atoms with Crippen molar-refractivity contribution >= 4 is 17.7 Å². The summed E-state index contributed by atoms with van der Waals surface area (Å²) in [5.41, 5.74) is -2.16. The summed E-state index contributed by atoms with van der Waals surface area (Å²) < 4.78 is 41.6. The van der Waals surface area contributed by atoms with E-state index < -0.39 is 17.6 Å². The van der Waals surface area contributed by atoms with Gasteiger partial charge < -0.3 is 4.74 Å². The van der Waals surface area contributed by atoms with Gasteiger partial charge in [-0.25, -0.2) is 0 Å². The minimum absolute atomic E-state index is 0.395. The van der Waals surface area contributed by atoms with Crippen LogP contribution in [0.5, 0.6) is 0 Å². The molecule has 0 saturated heterocycles. The van der Waals surface area contributed by atoms with Crippen LogP contribution in [0, 0.1) is 0 Å². The summed E-state index contributed by atoms with van der Waals surface area (Å²) in [5.74, 6) is -0.953. The van der Waals surface area contributed by atoms with E-state index in [9.17, 15) is 18.0 Å². The summed E-state index contributed by atoms with van der Waals surface area (Å²) in [7, 11) is 0. The lowest BCUT2D eigenvalue weighted by Gasteiger charge is -2.19. The Bertz CT molecular complexity index is 351. The van der Waals surface area contributed by atoms with Crippen molar-refractivity contribution in [2.75, 3.05) is 0 Å². The monoisotopic (exact) mass is 250 g/mol. The maximum atomic E-state index is 12.5. The van der Waals surface area contributed by atoms with Crippen LogP contribution in [0.3, 0.4) is 0 Å². The van der Waals surface area contributed by atoms with Gasteiger partial charge in [-0.3, -0.25) is 4.79 Å². The molecule has 88 valence electrons. The van der Waals surface area contributed by atoms with Gasteiger partial charge in [0.25, 0.3) is 0 Å². The fourth-order valence-corrected chi connectivity index (χ4v) is 1.81. The van der Waals surface area contributed by atoms with Crippen LogP contribution in [0.1, 0.15) is 6.92 Å². The molecule has 0 amide bonds. The number of carbonyl (C=O) groups excluding carboxylic acids is 1. The minimum Gasteiger partial charge on any atom is -0.441 e. The van der Waals surface area contributed by atoms with E-state index in [1.54, 1.807) is 18.2 Å². The number of benzene rings is 1. The number of hydrogen-bond donors (Lipinski definition) is 0. The highest BCUT2D eigenvalue weighted by atomic mass is 32.2. The van der Waals surface area contributed by atoms with Gasteiger partial charge in [0.05, 0.1) is 0 Å². The van der Waals surface area contributed by atoms with E-state index in [4.69, 9.17) is 0 Å². The fraction of sp³-hybridized carbons (Fsp3) is 0.300. The Labute approximate surface area is 94.8 Å². The molecule has 0 bridgehead atoms. The molecule has 1 aromatic rings. The van der Waals surface area contributed by atoms with E-state index in [0.29, 0.717) is 16.7 Å². The van der Waals surface area contributed by atoms with Crippen molar-refractivity contribution in [2.45, 2.75) is 23.4 Å². The fourth-order valence-electron chi connectivity index (χ4n) is 0.931. The third kappa shape index (κ3) is 4.14. The van der Waals surface area contributed by atoms with Crippen LogP contribution in [-0.2, 0) is 9.53 Å². The molecular formula is C10H9F3O2S. The van der Waals surface area contributed by atoms with Crippen LogP contribution in [0.4, 0.5) is 13.2 Å². The van der Waals surface area contributed by atoms with E-state index in [-0.39, 0.29) is 0 Å². The molecule has 1 aromatic carbocycles. The van der Waals surface area contributed by atoms with Crippen molar-refractivity contribution < 1.29 is 22.7 Å². The highest BCUT2D eigenvalue weighted by Gasteiger charge is 2.43. The first-order valence-corrected chi connectivity index (χ1v) is 5.23. The molecule has 0 heterocycles. The van der Waals surface area contributed by atoms with Gasteiger partial charge >= 0.3 is 12.1 Å². The summed E-state index contributed by atoms with van der Waals surface area (Å²) in [4.78, 5) is 10.9. The highest BCUT2D eigenvalue weighted by molar-refractivity contribution is 7.99. The molecule has 0 saturated carbocycles. The largest absolute Gasteiger partial charge is 0.441 e. The van der Waals surface area contributed by atoms with Gasteiger partial charge in [0.1, 0.15) is 0 Å². The zero-order valence-corrected chi connectivity index (χ0v) is 9.14. The quantitative estimate of drug-likeness (QED) is 0.468. The second-order valence-electron chi connectivity index (χ2n) is 2.91. The van der Waals surface area contributed by atoms with E-state index in [0.717, 1.165) is 6.92 Å². The molecule has 0 aromatic heterocycles. The van der Waals surface area contributed by atoms with Crippen LogP contribution >= 0.6 is 11.8 Å². The molecule has 1 rings (SSSR count). The Morgan fingerprint density at radius 3 is 2.31 bits per heavy atom. The summed E-state index contributed by atoms with van der Waals surface area (Å²) in [5, 5.41) is 0. The molecule has 0 fully saturated rings. The van der Waals surface area contributed by atoms with Gasteiger partial charge in [-0.05, 0) is 12.1 Å². The number of ether oxygens (including phenoxy) is 1. The number of halogens is 3. The molecule has 0 aliphatic heterocycles. The van der Waals surface area contributed by atoms with Crippen LogP contribution in [0.25, 0.3) is 0 Å². The molecule has 6 heteroatoms. The van der Waals surface area contributed by atoms with E-state index in [2.05, 4.69) is 4.74 Å². The second kappa shape index (κ2) is 5.25. The Morgan fingerprint density at radius 1 is 1.31 bits per heavy atom. The smallest absolute Gasteiger partial charge is 0.435 e. The average molecular weight is 250 g/mol. The zero-order chi connectivity index (χ0) is 12.2. The summed E-state index contributed by atoms with van der Waals surface area (Å²) in [6.45, 7) is 0.949. The molecule has 16 heavy (non-hydrogen) atoms. The van der Waals surface area contributed by atoms with Crippen LogP contribution in [0.2, 0.25) is 0 Å². The molecule has 0 aliphatic rings. The summed E-state index contributed by atoms with van der Waals surface area (Å²) in [6.07, 6.45) is -4.58. The van der Waals surface area contributed by atoms with Crippen molar-refractivity contribution in [3.8, 4) is 0 Å². The lowest BCUT2D eigenvalue weighted by Crippen LogP contribution is -2.30. The van der Waals surface area contributed by atoms with Gasteiger partial charge in [-0.1, -0.05) is 30.0 Å². The third-order valence-corrected chi connectivity index (χ3v) is 2.65. The lowest BCUT2D eigenvalue weighted by atomic mass is 10.4. The maximum Gasteiger partial charge on any atom is 0.435 e. The minimum atomic E-state index is -4.58. The number of alkyl halides is 3. The van der Waals surface area contributed by atoms with E-state index >= 15 is 0 Å². The summed E-state index contributed by atoms with van der Waals surface area (Å²) >= 11 is 0.456. The zero-order valence-electron chi connectivity index (χ0n) is 8.32. The Morgan fingerprint density at radius 2 is 1.88 bits per heavy atom. The Kier molecular flexibility index (Phi) is 4.23. The predicted octanol–water partition coefficient (Wildman–Crippen LogP) is 3.23. The Hall–Kier alpha value is -1.17.